The number of hydrogen-bond donors (Lipinski definition) is 0. The summed E-state index contributed by atoms with van der Waals surface area (Å²) in [5.74, 6) is -9.94. The molecule has 0 aliphatic heterocycles. The van der Waals surface area contributed by atoms with Crippen LogP contribution in [-0.4, -0.2) is 25.6 Å². The third-order valence-electron chi connectivity index (χ3n) is 6.88. The zero-order chi connectivity index (χ0) is 25.9. The molecule has 0 radical (unpaired) electrons. The minimum atomic E-state index is -3.62. The molecule has 0 amide bonds. The van der Waals surface area contributed by atoms with Crippen molar-refractivity contribution >= 4 is 10.8 Å². The van der Waals surface area contributed by atoms with Crippen molar-refractivity contribution in [1.29, 1.82) is 0 Å². The lowest BCUT2D eigenvalue weighted by molar-refractivity contribution is -0.160. The van der Waals surface area contributed by atoms with Gasteiger partial charge in [-0.15, -0.1) is 0 Å². The van der Waals surface area contributed by atoms with E-state index < -0.39 is 30.6 Å². The van der Waals surface area contributed by atoms with Gasteiger partial charge < -0.3 is 4.74 Å². The summed E-state index contributed by atoms with van der Waals surface area (Å²) in [5, 5.41) is 0.967. The minimum Gasteiger partial charge on any atom is -0.384 e. The molecule has 0 fully saturated rings. The highest BCUT2D eigenvalue weighted by molar-refractivity contribution is 5.84. The van der Waals surface area contributed by atoms with Crippen molar-refractivity contribution in [2.45, 2.75) is 50.4 Å². The number of methoxy groups -OCH3 is 1. The van der Waals surface area contributed by atoms with Gasteiger partial charge in [0.2, 0.25) is 0 Å². The zero-order valence-corrected chi connectivity index (χ0v) is 20.0. The zero-order valence-electron chi connectivity index (χ0n) is 20.0. The molecule has 192 valence electrons. The Bertz CT molecular complexity index is 1230. The van der Waals surface area contributed by atoms with Crippen LogP contribution in [0.1, 0.15) is 36.0 Å². The number of benzene rings is 3. The summed E-state index contributed by atoms with van der Waals surface area (Å²) in [6.45, 7) is 0.115. The van der Waals surface area contributed by atoms with Crippen LogP contribution in [0.25, 0.3) is 10.8 Å². The average molecular weight is 507 g/mol. The Kier molecular flexibility index (Phi) is 7.79. The summed E-state index contributed by atoms with van der Waals surface area (Å²) < 4.78 is 91.7. The molecule has 0 bridgehead atoms. The van der Waals surface area contributed by atoms with Gasteiger partial charge in [0, 0.05) is 25.5 Å². The third-order valence-corrected chi connectivity index (χ3v) is 6.88. The standard InChI is InChI=1S/C29H28F6O/c1-36-15-14-21-17-28(32,33)26(29(34,35)18-21)13-6-20-5-12-25-23(16-20)9-8-22(27(25)31)7-2-19-3-10-24(30)11-4-19/h3-5,8-12,16-17,26H,2,6-7,13-15,18H2,1H3. The highest BCUT2D eigenvalue weighted by atomic mass is 19.3. The summed E-state index contributed by atoms with van der Waals surface area (Å²) >= 11 is 0. The molecule has 1 unspecified atom stereocenters. The molecule has 0 spiro atoms. The first-order chi connectivity index (χ1) is 17.1. The van der Waals surface area contributed by atoms with Crippen LogP contribution in [0, 0.1) is 17.6 Å². The molecule has 1 aliphatic carbocycles. The summed E-state index contributed by atoms with van der Waals surface area (Å²) in [6.07, 6.45) is 0.653. The first-order valence-electron chi connectivity index (χ1n) is 12.0. The third kappa shape index (κ3) is 5.94. The van der Waals surface area contributed by atoms with Crippen molar-refractivity contribution < 1.29 is 31.1 Å². The Labute approximate surface area is 206 Å². The molecule has 0 N–H and O–H groups in total. The summed E-state index contributed by atoms with van der Waals surface area (Å²) in [4.78, 5) is 0. The van der Waals surface area contributed by atoms with Crippen molar-refractivity contribution in [3.8, 4) is 0 Å². The van der Waals surface area contributed by atoms with Gasteiger partial charge in [-0.3, -0.25) is 0 Å². The predicted octanol–water partition coefficient (Wildman–Crippen LogP) is 8.09. The second-order valence-corrected chi connectivity index (χ2v) is 9.47. The van der Waals surface area contributed by atoms with E-state index in [1.807, 2.05) is 0 Å². The molecule has 1 aliphatic rings. The van der Waals surface area contributed by atoms with Gasteiger partial charge in [-0.1, -0.05) is 48.0 Å². The largest absolute Gasteiger partial charge is 0.384 e. The average Bonchev–Trinajstić information content (AvgIpc) is 2.82. The Morgan fingerprint density at radius 1 is 0.833 bits per heavy atom. The fraction of sp³-hybridized carbons (Fsp3) is 0.379. The van der Waals surface area contributed by atoms with Crippen molar-refractivity contribution in [3.05, 3.63) is 94.6 Å². The number of alkyl halides is 4. The molecule has 3 aromatic carbocycles. The van der Waals surface area contributed by atoms with Gasteiger partial charge in [0.1, 0.15) is 11.6 Å². The maximum absolute atomic E-state index is 15.1. The second kappa shape index (κ2) is 10.7. The van der Waals surface area contributed by atoms with Gasteiger partial charge >= 0.3 is 0 Å². The Balaban J connectivity index is 1.46. The first kappa shape index (κ1) is 26.3. The topological polar surface area (TPSA) is 9.23 Å². The molecular formula is C29H28F6O. The molecule has 1 nitrogen and oxygen atoms in total. The molecule has 0 saturated carbocycles. The van der Waals surface area contributed by atoms with Crippen LogP contribution in [0.4, 0.5) is 26.3 Å². The minimum absolute atomic E-state index is 0.0134. The van der Waals surface area contributed by atoms with Crippen LogP contribution in [0.5, 0.6) is 0 Å². The number of aryl methyl sites for hydroxylation is 3. The van der Waals surface area contributed by atoms with Gasteiger partial charge in [-0.05, 0) is 72.4 Å². The summed E-state index contributed by atoms with van der Waals surface area (Å²) in [7, 11) is 1.40. The SMILES string of the molecule is COCCC1=CC(F)(F)C(CCc2ccc3c(F)c(CCc4ccc(F)cc4)ccc3c2)C(F)(F)C1. The van der Waals surface area contributed by atoms with Crippen molar-refractivity contribution in [2.75, 3.05) is 13.7 Å². The van der Waals surface area contributed by atoms with Crippen molar-refractivity contribution in [1.82, 2.24) is 0 Å². The van der Waals surface area contributed by atoms with Crippen LogP contribution in [0.2, 0.25) is 0 Å². The van der Waals surface area contributed by atoms with Gasteiger partial charge in [0.05, 0.1) is 5.92 Å². The maximum atomic E-state index is 15.1. The van der Waals surface area contributed by atoms with E-state index in [1.165, 1.54) is 19.2 Å². The first-order valence-corrected chi connectivity index (χ1v) is 12.0. The lowest BCUT2D eigenvalue weighted by Gasteiger charge is -2.37. The second-order valence-electron chi connectivity index (χ2n) is 9.47. The van der Waals surface area contributed by atoms with Gasteiger partial charge in [-0.25, -0.2) is 26.3 Å². The number of rotatable bonds is 9. The maximum Gasteiger partial charge on any atom is 0.275 e. The van der Waals surface area contributed by atoms with Gasteiger partial charge in [-0.2, -0.15) is 0 Å². The Hall–Kier alpha value is -2.80. The molecule has 4 rings (SSSR count). The fourth-order valence-electron chi connectivity index (χ4n) is 4.90. The number of halogens is 6. The smallest absolute Gasteiger partial charge is 0.275 e. The monoisotopic (exact) mass is 506 g/mol. The van der Waals surface area contributed by atoms with E-state index >= 15 is 4.39 Å². The number of ether oxygens (including phenoxy) is 1. The van der Waals surface area contributed by atoms with E-state index in [0.29, 0.717) is 40.8 Å². The molecule has 0 aromatic heterocycles. The Morgan fingerprint density at radius 3 is 2.25 bits per heavy atom. The fourth-order valence-corrected chi connectivity index (χ4v) is 4.90. The summed E-state index contributed by atoms with van der Waals surface area (Å²) in [5.41, 5.74) is 2.02. The molecule has 0 saturated heterocycles. The molecule has 1 atom stereocenters. The quantitative estimate of drug-likeness (QED) is 0.211. The van der Waals surface area contributed by atoms with E-state index in [1.54, 1.807) is 42.5 Å². The number of fused-ring (bicyclic) bond motifs is 1. The predicted molar refractivity (Wildman–Crippen MR) is 129 cm³/mol. The molecule has 36 heavy (non-hydrogen) atoms. The number of allylic oxidation sites excluding steroid dienone is 1. The van der Waals surface area contributed by atoms with Crippen LogP contribution in [0.3, 0.4) is 0 Å². The Morgan fingerprint density at radius 2 is 1.56 bits per heavy atom. The van der Waals surface area contributed by atoms with E-state index in [0.717, 1.165) is 5.56 Å². The van der Waals surface area contributed by atoms with Crippen LogP contribution in [-0.2, 0) is 24.0 Å². The van der Waals surface area contributed by atoms with E-state index in [-0.39, 0.29) is 36.7 Å². The lowest BCUT2D eigenvalue weighted by atomic mass is 9.79. The molecule has 7 heteroatoms. The van der Waals surface area contributed by atoms with Gasteiger partial charge in [0.15, 0.2) is 0 Å². The van der Waals surface area contributed by atoms with Crippen molar-refractivity contribution in [2.24, 2.45) is 5.92 Å². The van der Waals surface area contributed by atoms with Crippen molar-refractivity contribution in [3.63, 3.8) is 0 Å². The van der Waals surface area contributed by atoms with Gasteiger partial charge in [0.25, 0.3) is 11.8 Å². The lowest BCUT2D eigenvalue weighted by Crippen LogP contribution is -2.45. The normalized spacial score (nSPS) is 18.9. The van der Waals surface area contributed by atoms with E-state index in [4.69, 9.17) is 4.74 Å². The van der Waals surface area contributed by atoms with Crippen LogP contribution < -0.4 is 0 Å². The highest BCUT2D eigenvalue weighted by Crippen LogP contribution is 2.49. The van der Waals surface area contributed by atoms with E-state index in [9.17, 15) is 22.0 Å². The molecular weight excluding hydrogens is 478 g/mol. The highest BCUT2D eigenvalue weighted by Gasteiger charge is 2.56. The van der Waals surface area contributed by atoms with E-state index in [2.05, 4.69) is 0 Å². The van der Waals surface area contributed by atoms with Crippen LogP contribution >= 0.6 is 0 Å². The summed E-state index contributed by atoms with van der Waals surface area (Å²) in [6, 6.07) is 14.3. The number of hydrogen-bond acceptors (Lipinski definition) is 1. The molecule has 3 aromatic rings. The molecule has 0 heterocycles. The van der Waals surface area contributed by atoms with Crippen LogP contribution in [0.15, 0.2) is 66.2 Å².